The summed E-state index contributed by atoms with van der Waals surface area (Å²) in [6.45, 7) is 0. The molecule has 3 rings (SSSR count). The number of imidazole rings is 1. The molecule has 0 radical (unpaired) electrons. The first-order valence-corrected chi connectivity index (χ1v) is 6.16. The average Bonchev–Trinajstić information content (AvgIpc) is 2.55. The zero-order valence-corrected chi connectivity index (χ0v) is 9.84. The molecule has 1 aromatic carbocycles. The summed E-state index contributed by atoms with van der Waals surface area (Å²) in [6, 6.07) is 2.48. The Bertz CT molecular complexity index is 575. The van der Waals surface area contributed by atoms with E-state index in [9.17, 15) is 8.78 Å². The molecule has 1 aliphatic rings. The van der Waals surface area contributed by atoms with E-state index in [0.29, 0.717) is 11.3 Å². The molecule has 1 fully saturated rings. The maximum atomic E-state index is 13.6. The Morgan fingerprint density at radius 2 is 2.12 bits per heavy atom. The van der Waals surface area contributed by atoms with Gasteiger partial charge < -0.3 is 4.57 Å². The average molecular weight is 257 g/mol. The molecule has 5 heteroatoms. The van der Waals surface area contributed by atoms with Gasteiger partial charge in [-0.05, 0) is 25.3 Å². The Labute approximate surface area is 102 Å². The molecular formula is C12H11ClF2N2. The van der Waals surface area contributed by atoms with E-state index in [4.69, 9.17) is 11.6 Å². The molecule has 90 valence electrons. The SMILES string of the molecule is Fc1cc(F)c2nc(CCl)n(C3CCC3)c2c1. The fourth-order valence-electron chi connectivity index (χ4n) is 2.32. The molecule has 1 aromatic heterocycles. The van der Waals surface area contributed by atoms with Crippen molar-refractivity contribution >= 4 is 22.6 Å². The Kier molecular flexibility index (Phi) is 2.54. The van der Waals surface area contributed by atoms with E-state index in [1.165, 1.54) is 6.07 Å². The lowest BCUT2D eigenvalue weighted by molar-refractivity contribution is 0.315. The molecular weight excluding hydrogens is 246 g/mol. The van der Waals surface area contributed by atoms with E-state index >= 15 is 0 Å². The number of alkyl halides is 1. The summed E-state index contributed by atoms with van der Waals surface area (Å²) in [7, 11) is 0. The smallest absolute Gasteiger partial charge is 0.153 e. The molecule has 1 saturated carbocycles. The third-order valence-electron chi connectivity index (χ3n) is 3.35. The van der Waals surface area contributed by atoms with Gasteiger partial charge in [0, 0.05) is 12.1 Å². The Balaban J connectivity index is 2.28. The number of hydrogen-bond donors (Lipinski definition) is 0. The second-order valence-corrected chi connectivity index (χ2v) is 4.64. The highest BCUT2D eigenvalue weighted by atomic mass is 35.5. The number of halogens is 3. The third kappa shape index (κ3) is 1.62. The van der Waals surface area contributed by atoms with Crippen molar-refractivity contribution in [3.05, 3.63) is 29.6 Å². The van der Waals surface area contributed by atoms with Gasteiger partial charge in [-0.15, -0.1) is 11.6 Å². The van der Waals surface area contributed by atoms with Gasteiger partial charge in [0.2, 0.25) is 0 Å². The van der Waals surface area contributed by atoms with Crippen LogP contribution in [0.5, 0.6) is 0 Å². The van der Waals surface area contributed by atoms with Crippen molar-refractivity contribution in [1.29, 1.82) is 0 Å². The molecule has 0 saturated heterocycles. The fourth-order valence-corrected chi connectivity index (χ4v) is 2.50. The van der Waals surface area contributed by atoms with E-state index in [-0.39, 0.29) is 17.4 Å². The van der Waals surface area contributed by atoms with Crippen LogP contribution >= 0.6 is 11.6 Å². The van der Waals surface area contributed by atoms with Gasteiger partial charge >= 0.3 is 0 Å². The van der Waals surface area contributed by atoms with E-state index in [1.807, 2.05) is 4.57 Å². The topological polar surface area (TPSA) is 17.8 Å². The summed E-state index contributed by atoms with van der Waals surface area (Å²) in [5.74, 6) is -0.358. The summed E-state index contributed by atoms with van der Waals surface area (Å²) in [5, 5.41) is 0. The number of hydrogen-bond acceptors (Lipinski definition) is 1. The molecule has 0 spiro atoms. The summed E-state index contributed by atoms with van der Waals surface area (Å²) in [4.78, 5) is 4.16. The first kappa shape index (κ1) is 11.0. The second-order valence-electron chi connectivity index (χ2n) is 4.37. The Morgan fingerprint density at radius 1 is 1.35 bits per heavy atom. The Hall–Kier alpha value is -1.16. The summed E-state index contributed by atoms with van der Waals surface area (Å²) in [5.41, 5.74) is 0.733. The zero-order chi connectivity index (χ0) is 12.0. The first-order valence-electron chi connectivity index (χ1n) is 5.62. The fraction of sp³-hybridized carbons (Fsp3) is 0.417. The van der Waals surface area contributed by atoms with Gasteiger partial charge in [0.25, 0.3) is 0 Å². The number of rotatable bonds is 2. The van der Waals surface area contributed by atoms with Gasteiger partial charge in [0.05, 0.1) is 11.4 Å². The van der Waals surface area contributed by atoms with Crippen molar-refractivity contribution in [2.45, 2.75) is 31.2 Å². The van der Waals surface area contributed by atoms with Gasteiger partial charge in [0.15, 0.2) is 5.82 Å². The highest BCUT2D eigenvalue weighted by Crippen LogP contribution is 2.36. The predicted octanol–water partition coefficient (Wildman–Crippen LogP) is 3.78. The van der Waals surface area contributed by atoms with Crippen molar-refractivity contribution in [2.75, 3.05) is 0 Å². The summed E-state index contributed by atoms with van der Waals surface area (Å²) in [6.07, 6.45) is 3.19. The minimum absolute atomic E-state index is 0.215. The third-order valence-corrected chi connectivity index (χ3v) is 3.58. The maximum Gasteiger partial charge on any atom is 0.153 e. The van der Waals surface area contributed by atoms with Crippen LogP contribution in [0.25, 0.3) is 11.0 Å². The van der Waals surface area contributed by atoms with Crippen molar-refractivity contribution in [1.82, 2.24) is 9.55 Å². The van der Waals surface area contributed by atoms with Crippen LogP contribution in [-0.2, 0) is 5.88 Å². The van der Waals surface area contributed by atoms with Gasteiger partial charge in [-0.3, -0.25) is 0 Å². The largest absolute Gasteiger partial charge is 0.324 e. The van der Waals surface area contributed by atoms with Gasteiger partial charge in [-0.25, -0.2) is 13.8 Å². The maximum absolute atomic E-state index is 13.6. The molecule has 2 aromatic rings. The Morgan fingerprint density at radius 3 is 2.71 bits per heavy atom. The normalized spacial score (nSPS) is 16.4. The van der Waals surface area contributed by atoms with Crippen LogP contribution in [0.4, 0.5) is 8.78 Å². The highest BCUT2D eigenvalue weighted by Gasteiger charge is 2.25. The van der Waals surface area contributed by atoms with Crippen LogP contribution in [0, 0.1) is 11.6 Å². The van der Waals surface area contributed by atoms with Crippen LogP contribution in [0.1, 0.15) is 31.1 Å². The van der Waals surface area contributed by atoms with E-state index in [1.54, 1.807) is 0 Å². The summed E-state index contributed by atoms with van der Waals surface area (Å²) < 4.78 is 28.8. The number of aromatic nitrogens is 2. The van der Waals surface area contributed by atoms with Crippen LogP contribution in [-0.4, -0.2) is 9.55 Å². The van der Waals surface area contributed by atoms with Crippen molar-refractivity contribution < 1.29 is 8.78 Å². The molecule has 17 heavy (non-hydrogen) atoms. The van der Waals surface area contributed by atoms with Gasteiger partial charge in [-0.2, -0.15) is 0 Å². The molecule has 0 N–H and O–H groups in total. The molecule has 1 heterocycles. The molecule has 0 atom stereocenters. The standard InChI is InChI=1S/C12H11ClF2N2/c13-6-11-16-12-9(15)4-7(14)5-10(12)17(11)8-2-1-3-8/h4-5,8H,1-3,6H2. The highest BCUT2D eigenvalue weighted by molar-refractivity contribution is 6.16. The van der Waals surface area contributed by atoms with Gasteiger partial charge in [-0.1, -0.05) is 0 Å². The first-order chi connectivity index (χ1) is 8.20. The molecule has 0 amide bonds. The van der Waals surface area contributed by atoms with Crippen LogP contribution in [0.15, 0.2) is 12.1 Å². The van der Waals surface area contributed by atoms with E-state index < -0.39 is 11.6 Å². The van der Waals surface area contributed by atoms with Crippen LogP contribution < -0.4 is 0 Å². The monoisotopic (exact) mass is 256 g/mol. The predicted molar refractivity (Wildman–Crippen MR) is 62.1 cm³/mol. The van der Waals surface area contributed by atoms with Crippen LogP contribution in [0.2, 0.25) is 0 Å². The number of nitrogens with zero attached hydrogens (tertiary/aromatic N) is 2. The zero-order valence-electron chi connectivity index (χ0n) is 9.09. The van der Waals surface area contributed by atoms with Gasteiger partial charge in [0.1, 0.15) is 17.2 Å². The molecule has 0 bridgehead atoms. The molecule has 1 aliphatic carbocycles. The minimum atomic E-state index is -0.621. The quantitative estimate of drug-likeness (QED) is 0.748. The molecule has 0 unspecified atom stereocenters. The number of benzene rings is 1. The van der Waals surface area contributed by atoms with E-state index in [0.717, 1.165) is 25.3 Å². The van der Waals surface area contributed by atoms with Crippen molar-refractivity contribution in [3.63, 3.8) is 0 Å². The molecule has 2 nitrogen and oxygen atoms in total. The lowest BCUT2D eigenvalue weighted by Gasteiger charge is -2.28. The van der Waals surface area contributed by atoms with E-state index in [2.05, 4.69) is 4.98 Å². The summed E-state index contributed by atoms with van der Waals surface area (Å²) >= 11 is 5.82. The lowest BCUT2D eigenvalue weighted by Crippen LogP contribution is -2.18. The number of fused-ring (bicyclic) bond motifs is 1. The lowest BCUT2D eigenvalue weighted by atomic mass is 9.92. The van der Waals surface area contributed by atoms with Crippen LogP contribution in [0.3, 0.4) is 0 Å². The van der Waals surface area contributed by atoms with Crippen molar-refractivity contribution in [3.8, 4) is 0 Å². The second kappa shape index (κ2) is 3.95. The molecule has 0 aliphatic heterocycles. The minimum Gasteiger partial charge on any atom is -0.324 e. The van der Waals surface area contributed by atoms with Crippen molar-refractivity contribution in [2.24, 2.45) is 0 Å².